The Bertz CT molecular complexity index is 271. The summed E-state index contributed by atoms with van der Waals surface area (Å²) in [5.74, 6) is 0.927. The van der Waals surface area contributed by atoms with Gasteiger partial charge in [-0.3, -0.25) is 0 Å². The van der Waals surface area contributed by atoms with Gasteiger partial charge in [0.1, 0.15) is 5.82 Å². The number of aryl methyl sites for hydroxylation is 1. The van der Waals surface area contributed by atoms with Gasteiger partial charge >= 0.3 is 0 Å². The first-order chi connectivity index (χ1) is 7.31. The first kappa shape index (κ1) is 12.4. The van der Waals surface area contributed by atoms with Crippen LogP contribution in [0.2, 0.25) is 0 Å². The summed E-state index contributed by atoms with van der Waals surface area (Å²) >= 11 is 1.43. The number of aliphatic hydroxyl groups is 1. The first-order valence-electron chi connectivity index (χ1n) is 5.50. The average Bonchev–Trinajstić information content (AvgIpc) is 2.67. The number of rotatable bonds is 7. The molecule has 1 rings (SSSR count). The van der Waals surface area contributed by atoms with E-state index in [0.29, 0.717) is 6.54 Å². The Morgan fingerprint density at radius 3 is 2.67 bits per heavy atom. The van der Waals surface area contributed by atoms with Crippen molar-refractivity contribution in [3.63, 3.8) is 0 Å². The van der Waals surface area contributed by atoms with Gasteiger partial charge in [0.25, 0.3) is 0 Å². The summed E-state index contributed by atoms with van der Waals surface area (Å²) in [6, 6.07) is 0. The van der Waals surface area contributed by atoms with Gasteiger partial charge in [0.2, 0.25) is 5.13 Å². The van der Waals surface area contributed by atoms with Crippen molar-refractivity contribution in [3.05, 3.63) is 5.82 Å². The minimum absolute atomic E-state index is 0.169. The van der Waals surface area contributed by atoms with Crippen LogP contribution in [0.25, 0.3) is 0 Å². The van der Waals surface area contributed by atoms with Crippen molar-refractivity contribution in [2.24, 2.45) is 0 Å². The van der Waals surface area contributed by atoms with Crippen molar-refractivity contribution >= 4 is 16.7 Å². The second-order valence-electron chi connectivity index (χ2n) is 3.45. The second kappa shape index (κ2) is 6.74. The van der Waals surface area contributed by atoms with E-state index in [4.69, 9.17) is 5.11 Å². The molecule has 0 aliphatic rings. The third kappa shape index (κ3) is 3.76. The second-order valence-corrected chi connectivity index (χ2v) is 4.18. The van der Waals surface area contributed by atoms with Gasteiger partial charge in [0.15, 0.2) is 0 Å². The molecule has 0 unspecified atom stereocenters. The van der Waals surface area contributed by atoms with Crippen LogP contribution >= 0.6 is 11.5 Å². The van der Waals surface area contributed by atoms with Crippen molar-refractivity contribution in [1.29, 1.82) is 0 Å². The fraction of sp³-hybridized carbons (Fsp3) is 0.800. The van der Waals surface area contributed by atoms with Crippen LogP contribution in [0, 0.1) is 0 Å². The molecule has 0 saturated carbocycles. The Hall–Kier alpha value is -0.680. The van der Waals surface area contributed by atoms with E-state index in [-0.39, 0.29) is 6.61 Å². The summed E-state index contributed by atoms with van der Waals surface area (Å²) < 4.78 is 4.30. The smallest absolute Gasteiger partial charge is 0.205 e. The molecule has 86 valence electrons. The van der Waals surface area contributed by atoms with Crippen molar-refractivity contribution in [1.82, 2.24) is 9.36 Å². The van der Waals surface area contributed by atoms with Crippen LogP contribution in [0.1, 0.15) is 32.5 Å². The molecule has 5 heteroatoms. The van der Waals surface area contributed by atoms with Gasteiger partial charge in [-0.25, -0.2) is 4.98 Å². The molecule has 1 N–H and O–H groups in total. The number of anilines is 1. The summed E-state index contributed by atoms with van der Waals surface area (Å²) in [5, 5.41) is 9.89. The maximum atomic E-state index is 8.95. The van der Waals surface area contributed by atoms with Crippen LogP contribution in [0.3, 0.4) is 0 Å². The van der Waals surface area contributed by atoms with Gasteiger partial charge in [0.05, 0.1) is 6.61 Å². The highest BCUT2D eigenvalue weighted by Crippen LogP contribution is 2.17. The lowest BCUT2D eigenvalue weighted by Gasteiger charge is -2.18. The van der Waals surface area contributed by atoms with E-state index in [9.17, 15) is 0 Å². The highest BCUT2D eigenvalue weighted by molar-refractivity contribution is 7.09. The monoisotopic (exact) mass is 229 g/mol. The minimum atomic E-state index is 0.169. The van der Waals surface area contributed by atoms with Crippen LogP contribution in [0.5, 0.6) is 0 Å². The topological polar surface area (TPSA) is 49.2 Å². The van der Waals surface area contributed by atoms with Gasteiger partial charge in [-0.2, -0.15) is 4.37 Å². The molecule has 0 bridgehead atoms. The van der Waals surface area contributed by atoms with E-state index in [1.54, 1.807) is 0 Å². The SMILES string of the molecule is CCCc1nsc(N(CCC)CCO)n1. The zero-order valence-corrected chi connectivity index (χ0v) is 10.3. The molecule has 0 spiro atoms. The number of hydrogen-bond donors (Lipinski definition) is 1. The van der Waals surface area contributed by atoms with Gasteiger partial charge in [-0.05, 0) is 12.8 Å². The Morgan fingerprint density at radius 1 is 1.27 bits per heavy atom. The maximum absolute atomic E-state index is 8.95. The molecule has 0 saturated heterocycles. The van der Waals surface area contributed by atoms with Gasteiger partial charge < -0.3 is 10.0 Å². The summed E-state index contributed by atoms with van der Waals surface area (Å²) in [6.07, 6.45) is 3.07. The predicted molar refractivity (Wildman–Crippen MR) is 63.5 cm³/mol. The molecule has 1 aromatic heterocycles. The standard InChI is InChI=1S/C10H19N3OS/c1-3-5-9-11-10(15-12-9)13(6-4-2)7-8-14/h14H,3-8H2,1-2H3. The number of hydrogen-bond acceptors (Lipinski definition) is 5. The molecule has 0 amide bonds. The average molecular weight is 229 g/mol. The van der Waals surface area contributed by atoms with Crippen molar-refractivity contribution < 1.29 is 5.11 Å². The number of aliphatic hydroxyl groups excluding tert-OH is 1. The summed E-state index contributed by atoms with van der Waals surface area (Å²) in [4.78, 5) is 6.55. The van der Waals surface area contributed by atoms with E-state index in [1.165, 1.54) is 11.5 Å². The third-order valence-corrected chi connectivity index (χ3v) is 2.88. The molecule has 0 atom stereocenters. The van der Waals surface area contributed by atoms with E-state index < -0.39 is 0 Å². The molecule has 1 aromatic rings. The summed E-state index contributed by atoms with van der Waals surface area (Å²) in [5.41, 5.74) is 0. The quantitative estimate of drug-likeness (QED) is 0.773. The van der Waals surface area contributed by atoms with Gasteiger partial charge in [-0.15, -0.1) is 0 Å². The third-order valence-electron chi connectivity index (χ3n) is 2.06. The molecule has 0 aliphatic heterocycles. The molecule has 0 aliphatic carbocycles. The predicted octanol–water partition coefficient (Wildman–Crippen LogP) is 1.70. The zero-order valence-electron chi connectivity index (χ0n) is 9.44. The fourth-order valence-electron chi connectivity index (χ4n) is 1.39. The van der Waals surface area contributed by atoms with Crippen molar-refractivity contribution in [2.75, 3.05) is 24.6 Å². The molecular weight excluding hydrogens is 210 g/mol. The largest absolute Gasteiger partial charge is 0.395 e. The molecule has 1 heterocycles. The fourth-order valence-corrected chi connectivity index (χ4v) is 2.16. The molecular formula is C10H19N3OS. The minimum Gasteiger partial charge on any atom is -0.395 e. The molecule has 0 aromatic carbocycles. The molecule has 0 radical (unpaired) electrons. The van der Waals surface area contributed by atoms with E-state index in [1.807, 2.05) is 0 Å². The van der Waals surface area contributed by atoms with Crippen LogP contribution < -0.4 is 4.90 Å². The number of nitrogens with zero attached hydrogens (tertiary/aromatic N) is 3. The van der Waals surface area contributed by atoms with Crippen LogP contribution in [0.15, 0.2) is 0 Å². The van der Waals surface area contributed by atoms with Gasteiger partial charge in [-0.1, -0.05) is 13.8 Å². The highest BCUT2D eigenvalue weighted by atomic mass is 32.1. The molecule has 15 heavy (non-hydrogen) atoms. The normalized spacial score (nSPS) is 10.6. The summed E-state index contributed by atoms with van der Waals surface area (Å²) in [7, 11) is 0. The van der Waals surface area contributed by atoms with E-state index in [0.717, 1.165) is 36.8 Å². The van der Waals surface area contributed by atoms with Crippen molar-refractivity contribution in [2.45, 2.75) is 33.1 Å². The zero-order chi connectivity index (χ0) is 11.1. The van der Waals surface area contributed by atoms with Crippen LogP contribution in [0.4, 0.5) is 5.13 Å². The maximum Gasteiger partial charge on any atom is 0.205 e. The molecule has 4 nitrogen and oxygen atoms in total. The highest BCUT2D eigenvalue weighted by Gasteiger charge is 2.10. The Labute approximate surface area is 95.1 Å². The van der Waals surface area contributed by atoms with Crippen LogP contribution in [-0.4, -0.2) is 34.2 Å². The molecule has 0 fully saturated rings. The Morgan fingerprint density at radius 2 is 2.07 bits per heavy atom. The Balaban J connectivity index is 2.63. The number of aromatic nitrogens is 2. The Kier molecular flexibility index (Phi) is 5.57. The lowest BCUT2D eigenvalue weighted by molar-refractivity contribution is 0.302. The summed E-state index contributed by atoms with van der Waals surface area (Å²) in [6.45, 7) is 6.00. The van der Waals surface area contributed by atoms with E-state index in [2.05, 4.69) is 28.1 Å². The first-order valence-corrected chi connectivity index (χ1v) is 6.27. The van der Waals surface area contributed by atoms with Gasteiger partial charge in [0, 0.05) is 31.0 Å². The van der Waals surface area contributed by atoms with Crippen LogP contribution in [-0.2, 0) is 6.42 Å². The van der Waals surface area contributed by atoms with E-state index >= 15 is 0 Å². The lowest BCUT2D eigenvalue weighted by Crippen LogP contribution is -2.27. The lowest BCUT2D eigenvalue weighted by atomic mass is 10.3. The van der Waals surface area contributed by atoms with Crippen molar-refractivity contribution in [3.8, 4) is 0 Å².